The van der Waals surface area contributed by atoms with Gasteiger partial charge in [0, 0.05) is 32.6 Å². The van der Waals surface area contributed by atoms with E-state index in [0.717, 1.165) is 11.3 Å². The molecule has 1 aromatic rings. The first-order valence-corrected chi connectivity index (χ1v) is 10.2. The van der Waals surface area contributed by atoms with Crippen molar-refractivity contribution in [3.8, 4) is 5.75 Å². The van der Waals surface area contributed by atoms with Crippen molar-refractivity contribution < 1.29 is 22.7 Å². The van der Waals surface area contributed by atoms with Crippen LogP contribution in [0.1, 0.15) is 12.0 Å². The van der Waals surface area contributed by atoms with Crippen molar-refractivity contribution in [1.82, 2.24) is 9.21 Å². The lowest BCUT2D eigenvalue weighted by Crippen LogP contribution is -2.42. The molecule has 1 heterocycles. The van der Waals surface area contributed by atoms with E-state index in [0.29, 0.717) is 39.3 Å². The minimum atomic E-state index is -3.38. The van der Waals surface area contributed by atoms with E-state index in [1.54, 1.807) is 12.0 Å². The van der Waals surface area contributed by atoms with Gasteiger partial charge in [-0.25, -0.2) is 12.7 Å². The summed E-state index contributed by atoms with van der Waals surface area (Å²) in [6.45, 7) is 2.71. The Labute approximate surface area is 149 Å². The summed E-state index contributed by atoms with van der Waals surface area (Å²) in [6.07, 6.45) is 1.89. The van der Waals surface area contributed by atoms with Gasteiger partial charge in [0.2, 0.25) is 15.9 Å². The van der Waals surface area contributed by atoms with E-state index < -0.39 is 10.0 Å². The van der Waals surface area contributed by atoms with Crippen molar-refractivity contribution in [1.29, 1.82) is 0 Å². The summed E-state index contributed by atoms with van der Waals surface area (Å²) >= 11 is 0. The lowest BCUT2D eigenvalue weighted by molar-refractivity contribution is -0.135. The first-order valence-electron chi connectivity index (χ1n) is 8.34. The number of carbonyl (C=O) groups excluding carboxylic acids is 1. The van der Waals surface area contributed by atoms with Gasteiger partial charge >= 0.3 is 0 Å². The maximum Gasteiger partial charge on any atom is 0.224 e. The quantitative estimate of drug-likeness (QED) is 0.675. The number of carbonyl (C=O) groups is 1. The molecule has 0 atom stereocenters. The number of para-hydroxylation sites is 1. The Kier molecular flexibility index (Phi) is 7.22. The minimum Gasteiger partial charge on any atom is -0.496 e. The second-order valence-electron chi connectivity index (χ2n) is 5.97. The molecule has 0 N–H and O–H groups in total. The van der Waals surface area contributed by atoms with Crippen molar-refractivity contribution >= 4 is 15.9 Å². The Morgan fingerprint density at radius 1 is 1.24 bits per heavy atom. The first kappa shape index (κ1) is 19.7. The van der Waals surface area contributed by atoms with Crippen LogP contribution in [0.25, 0.3) is 0 Å². The molecule has 1 aromatic carbocycles. The van der Waals surface area contributed by atoms with Crippen LogP contribution in [0, 0.1) is 0 Å². The Hall–Kier alpha value is -1.64. The number of sulfonamides is 1. The highest BCUT2D eigenvalue weighted by atomic mass is 32.2. The van der Waals surface area contributed by atoms with E-state index in [1.807, 2.05) is 24.3 Å². The molecule has 0 unspecified atom stereocenters. The molecular weight excluding hydrogens is 344 g/mol. The lowest BCUT2D eigenvalue weighted by atomic mass is 10.1. The van der Waals surface area contributed by atoms with E-state index in [2.05, 4.69) is 0 Å². The van der Waals surface area contributed by atoms with Gasteiger partial charge in [-0.05, 0) is 18.1 Å². The molecule has 0 aliphatic carbocycles. The minimum absolute atomic E-state index is 0.0331. The van der Waals surface area contributed by atoms with E-state index >= 15 is 0 Å². The van der Waals surface area contributed by atoms with E-state index in [-0.39, 0.29) is 18.9 Å². The van der Waals surface area contributed by atoms with E-state index in [9.17, 15) is 13.2 Å². The van der Waals surface area contributed by atoms with Gasteiger partial charge in [0.25, 0.3) is 0 Å². The molecule has 0 spiro atoms. The van der Waals surface area contributed by atoms with Gasteiger partial charge in [-0.15, -0.1) is 0 Å². The molecule has 7 nitrogen and oxygen atoms in total. The summed E-state index contributed by atoms with van der Waals surface area (Å²) in [5.41, 5.74) is 0.943. The van der Waals surface area contributed by atoms with Crippen LogP contribution >= 0.6 is 0 Å². The average Bonchev–Trinajstić information content (AvgIpc) is 2.61. The number of hydrogen-bond donors (Lipinski definition) is 0. The highest BCUT2D eigenvalue weighted by molar-refractivity contribution is 7.88. The number of nitrogens with zero attached hydrogens (tertiary/aromatic N) is 2. The van der Waals surface area contributed by atoms with Crippen molar-refractivity contribution in [3.05, 3.63) is 29.8 Å². The fraction of sp³-hybridized carbons (Fsp3) is 0.588. The van der Waals surface area contributed by atoms with Crippen molar-refractivity contribution in [2.45, 2.75) is 12.8 Å². The number of benzene rings is 1. The third kappa shape index (κ3) is 5.98. The monoisotopic (exact) mass is 370 g/mol. The molecule has 140 valence electrons. The molecule has 8 heteroatoms. The molecule has 0 aromatic heterocycles. The smallest absolute Gasteiger partial charge is 0.224 e. The molecule has 2 rings (SSSR count). The van der Waals surface area contributed by atoms with Gasteiger partial charge in [-0.1, -0.05) is 18.2 Å². The van der Waals surface area contributed by atoms with Crippen LogP contribution in [0.3, 0.4) is 0 Å². The Morgan fingerprint density at radius 2 is 1.92 bits per heavy atom. The Bertz CT molecular complexity index is 671. The predicted molar refractivity (Wildman–Crippen MR) is 95.1 cm³/mol. The summed E-state index contributed by atoms with van der Waals surface area (Å²) in [5.74, 6) is 0.703. The van der Waals surface area contributed by atoms with Crippen molar-refractivity contribution in [2.24, 2.45) is 0 Å². The molecule has 1 amide bonds. The van der Waals surface area contributed by atoms with Gasteiger partial charge in [-0.3, -0.25) is 4.79 Å². The number of methoxy groups -OCH3 is 1. The molecule has 0 bridgehead atoms. The number of amides is 1. The zero-order chi connectivity index (χ0) is 18.3. The van der Waals surface area contributed by atoms with E-state index in [4.69, 9.17) is 9.47 Å². The number of morpholine rings is 1. The van der Waals surface area contributed by atoms with Crippen molar-refractivity contribution in [3.63, 3.8) is 0 Å². The van der Waals surface area contributed by atoms with Crippen LogP contribution in [0.15, 0.2) is 24.3 Å². The Morgan fingerprint density at radius 3 is 2.56 bits per heavy atom. The molecule has 1 saturated heterocycles. The normalized spacial score (nSPS) is 15.4. The van der Waals surface area contributed by atoms with Crippen molar-refractivity contribution in [2.75, 3.05) is 52.8 Å². The van der Waals surface area contributed by atoms with Crippen LogP contribution in [-0.2, 0) is 26.0 Å². The summed E-state index contributed by atoms with van der Waals surface area (Å²) in [5, 5.41) is 0. The van der Waals surface area contributed by atoms with E-state index in [1.165, 1.54) is 10.6 Å². The first-order chi connectivity index (χ1) is 11.9. The topological polar surface area (TPSA) is 76.2 Å². The number of rotatable bonds is 8. The lowest BCUT2D eigenvalue weighted by Gasteiger charge is -2.28. The van der Waals surface area contributed by atoms with Gasteiger partial charge < -0.3 is 14.4 Å². The molecule has 0 saturated carbocycles. The molecule has 0 radical (unpaired) electrons. The highest BCUT2D eigenvalue weighted by Gasteiger charge is 2.21. The number of ether oxygens (including phenoxy) is 2. The van der Waals surface area contributed by atoms with Crippen LogP contribution < -0.4 is 4.74 Å². The summed E-state index contributed by atoms with van der Waals surface area (Å²) in [4.78, 5) is 14.0. The average molecular weight is 370 g/mol. The third-order valence-corrected chi connectivity index (χ3v) is 5.53. The van der Waals surface area contributed by atoms with Crippen LogP contribution in [-0.4, -0.2) is 76.3 Å². The standard InChI is InChI=1S/C17H26N2O5S/c1-23-16-6-4-3-5-15(16)7-9-19(25(2,21)22)10-8-17(20)18-11-13-24-14-12-18/h3-6H,7-14H2,1-2H3. The SMILES string of the molecule is COc1ccccc1CCN(CCC(=O)N1CCOCC1)S(C)(=O)=O. The van der Waals surface area contributed by atoms with Crippen LogP contribution in [0.2, 0.25) is 0 Å². The van der Waals surface area contributed by atoms with Gasteiger partial charge in [0.05, 0.1) is 26.6 Å². The molecule has 1 aliphatic heterocycles. The van der Waals surface area contributed by atoms with Gasteiger partial charge in [-0.2, -0.15) is 0 Å². The maximum atomic E-state index is 12.2. The summed E-state index contributed by atoms with van der Waals surface area (Å²) < 4.78 is 36.0. The molecule has 1 aliphatic rings. The predicted octanol–water partition coefficient (Wildman–Crippen LogP) is 0.748. The number of hydrogen-bond acceptors (Lipinski definition) is 5. The second-order valence-corrected chi connectivity index (χ2v) is 7.95. The fourth-order valence-corrected chi connectivity index (χ4v) is 3.64. The summed E-state index contributed by atoms with van der Waals surface area (Å²) in [6, 6.07) is 7.53. The second kappa shape index (κ2) is 9.17. The molecule has 1 fully saturated rings. The van der Waals surface area contributed by atoms with Crippen LogP contribution in [0.5, 0.6) is 5.75 Å². The van der Waals surface area contributed by atoms with Gasteiger partial charge in [0.1, 0.15) is 5.75 Å². The van der Waals surface area contributed by atoms with Gasteiger partial charge in [0.15, 0.2) is 0 Å². The zero-order valence-electron chi connectivity index (χ0n) is 14.8. The maximum absolute atomic E-state index is 12.2. The van der Waals surface area contributed by atoms with Crippen LogP contribution in [0.4, 0.5) is 0 Å². The largest absolute Gasteiger partial charge is 0.496 e. The zero-order valence-corrected chi connectivity index (χ0v) is 15.6. The summed E-state index contributed by atoms with van der Waals surface area (Å²) in [7, 11) is -1.79. The fourth-order valence-electron chi connectivity index (χ4n) is 2.79. The molecular formula is C17H26N2O5S. The Balaban J connectivity index is 1.93. The highest BCUT2D eigenvalue weighted by Crippen LogP contribution is 2.18. The molecule has 25 heavy (non-hydrogen) atoms. The third-order valence-electron chi connectivity index (χ3n) is 4.23.